The van der Waals surface area contributed by atoms with E-state index in [1.54, 1.807) is 71.2 Å². The lowest BCUT2D eigenvalue weighted by atomic mass is 9.93. The number of piperazine rings is 1. The molecule has 3 aliphatic heterocycles. The molecule has 10 rings (SSSR count). The molecule has 0 bridgehead atoms. The summed E-state index contributed by atoms with van der Waals surface area (Å²) in [5, 5.41) is 24.1. The number of imide groups is 1. The van der Waals surface area contributed by atoms with Gasteiger partial charge in [0, 0.05) is 74.9 Å². The van der Waals surface area contributed by atoms with Gasteiger partial charge in [-0.05, 0) is 103 Å². The van der Waals surface area contributed by atoms with E-state index in [9.17, 15) is 42.3 Å². The number of benzene rings is 4. The number of anilines is 3. The molecule has 0 saturated carbocycles. The average molecular weight is 1030 g/mol. The third-order valence-corrected chi connectivity index (χ3v) is 14.9. The number of aromatic nitrogens is 4. The number of pyridine rings is 1. The number of aryl methyl sites for hydroxylation is 1. The third-order valence-electron chi connectivity index (χ3n) is 13.9. The number of alkyl halides is 3. The minimum Gasteiger partial charge on any atom is -0.493 e. The van der Waals surface area contributed by atoms with Crippen molar-refractivity contribution in [1.82, 2.24) is 34.9 Å². The van der Waals surface area contributed by atoms with Gasteiger partial charge in [-0.3, -0.25) is 39.4 Å². The zero-order chi connectivity index (χ0) is 51.8. The topological polar surface area (TPSA) is 204 Å². The van der Waals surface area contributed by atoms with Crippen molar-refractivity contribution >= 4 is 78.7 Å². The summed E-state index contributed by atoms with van der Waals surface area (Å²) in [5.74, 6) is -2.55. The summed E-state index contributed by atoms with van der Waals surface area (Å²) in [4.78, 5) is 77.9. The molecule has 7 aromatic rings. The van der Waals surface area contributed by atoms with Crippen molar-refractivity contribution in [2.75, 3.05) is 61.4 Å². The van der Waals surface area contributed by atoms with E-state index >= 15 is 0 Å². The Hall–Kier alpha value is -7.75. The number of ether oxygens (including phenoxy) is 1. The number of halogens is 3. The number of carbonyl (C=O) groups is 5. The lowest BCUT2D eigenvalue weighted by Crippen LogP contribution is -2.60. The zero-order valence-corrected chi connectivity index (χ0v) is 41.2. The van der Waals surface area contributed by atoms with Gasteiger partial charge in [-0.25, -0.2) is 14.8 Å². The molecule has 74 heavy (non-hydrogen) atoms. The zero-order valence-electron chi connectivity index (χ0n) is 40.4. The summed E-state index contributed by atoms with van der Waals surface area (Å²) in [5.41, 5.74) is 6.12. The predicted octanol–water partition coefficient (Wildman–Crippen LogP) is 7.54. The second kappa shape index (κ2) is 20.6. The molecule has 2 atom stereocenters. The van der Waals surface area contributed by atoms with Crippen LogP contribution in [-0.2, 0) is 34.4 Å². The highest BCUT2D eigenvalue weighted by molar-refractivity contribution is 7.22. The Balaban J connectivity index is 0.743. The summed E-state index contributed by atoms with van der Waals surface area (Å²) in [6.07, 6.45) is -3.08. The number of piperidine rings is 1. The summed E-state index contributed by atoms with van der Waals surface area (Å²) >= 11 is 1.39. The second-order valence-corrected chi connectivity index (χ2v) is 19.7. The summed E-state index contributed by atoms with van der Waals surface area (Å²) in [6.45, 7) is 2.68. The van der Waals surface area contributed by atoms with Crippen molar-refractivity contribution in [3.63, 3.8) is 0 Å². The van der Waals surface area contributed by atoms with Gasteiger partial charge in [-0.1, -0.05) is 47.7 Å². The molecule has 3 aromatic heterocycles. The molecule has 17 nitrogen and oxygen atoms in total. The van der Waals surface area contributed by atoms with Crippen molar-refractivity contribution in [1.29, 1.82) is 0 Å². The molecule has 21 heteroatoms. The molecule has 1 unspecified atom stereocenters. The molecule has 2 saturated heterocycles. The van der Waals surface area contributed by atoms with Crippen LogP contribution in [0, 0.1) is 6.92 Å². The SMILES string of the molecule is Cc1c(OCCCN2CCN(CC(=O)Nc3ccc4c(C5CCC(=O)NC5=O)nn(C)c4c3)[C@@H](C(F)(F)F)C2)cccc1-c1ccc(N2CCc3cccc(C(=O)Nc4nc5ccccc5s4)c3C2)nc1C(=O)O. The quantitative estimate of drug-likeness (QED) is 0.0615. The minimum atomic E-state index is -4.60. The first-order valence-corrected chi connectivity index (χ1v) is 25.0. The van der Waals surface area contributed by atoms with E-state index in [1.165, 1.54) is 11.3 Å². The largest absolute Gasteiger partial charge is 0.493 e. The maximum atomic E-state index is 14.5. The van der Waals surface area contributed by atoms with Crippen LogP contribution >= 0.6 is 11.3 Å². The Morgan fingerprint density at radius 2 is 1.74 bits per heavy atom. The molecular weight excluding hydrogens is 978 g/mol. The van der Waals surface area contributed by atoms with Gasteiger partial charge in [0.1, 0.15) is 17.6 Å². The standard InChI is InChI=1S/C53H51F3N10O7S/c1-30-33(34-16-18-44(59-48(34)51(71)72)66-22-20-31-8-5-10-35(38(31)27-66)49(69)61-52-58-39-11-3-4-13-42(39)74-52)9-6-12-41(30)73-25-7-21-64-23-24-65(43(28-64)53(54,55)56)29-46(68)57-32-14-15-36-40(26-32)63(2)62-47(36)37-17-19-45(67)60-50(37)70/h3-6,8-16,18,26,37,43H,7,17,19-25,27-29H2,1-2H3,(H,57,68)(H,71,72)(H,58,61,69)(H,60,67,70)/t37?,43-/m1/s1. The molecule has 0 spiro atoms. The first-order chi connectivity index (χ1) is 35.6. The fourth-order valence-corrected chi connectivity index (χ4v) is 11.0. The molecule has 6 heterocycles. The summed E-state index contributed by atoms with van der Waals surface area (Å²) < 4.78 is 52.3. The van der Waals surface area contributed by atoms with E-state index in [4.69, 9.17) is 4.74 Å². The lowest BCUT2D eigenvalue weighted by molar-refractivity contribution is -0.197. The number of hydrogen-bond donors (Lipinski definition) is 4. The van der Waals surface area contributed by atoms with Crippen LogP contribution in [0.1, 0.15) is 68.4 Å². The predicted molar refractivity (Wildman–Crippen MR) is 273 cm³/mol. The molecule has 4 aromatic carbocycles. The van der Waals surface area contributed by atoms with Crippen LogP contribution in [0.3, 0.4) is 0 Å². The van der Waals surface area contributed by atoms with Crippen LogP contribution in [-0.4, -0.2) is 122 Å². The highest BCUT2D eigenvalue weighted by Gasteiger charge is 2.47. The van der Waals surface area contributed by atoms with Crippen molar-refractivity contribution in [3.8, 4) is 16.9 Å². The molecule has 0 radical (unpaired) electrons. The van der Waals surface area contributed by atoms with Crippen LogP contribution < -0.4 is 25.6 Å². The Morgan fingerprint density at radius 3 is 2.54 bits per heavy atom. The number of nitrogens with zero attached hydrogens (tertiary/aromatic N) is 7. The molecule has 4 N–H and O–H groups in total. The summed E-state index contributed by atoms with van der Waals surface area (Å²) in [7, 11) is 1.68. The van der Waals surface area contributed by atoms with Crippen LogP contribution in [0.5, 0.6) is 5.75 Å². The maximum Gasteiger partial charge on any atom is 0.405 e. The fourth-order valence-electron chi connectivity index (χ4n) is 10.2. The molecule has 4 amide bonds. The van der Waals surface area contributed by atoms with E-state index in [2.05, 4.69) is 31.0 Å². The van der Waals surface area contributed by atoms with Crippen LogP contribution in [0.2, 0.25) is 0 Å². The van der Waals surface area contributed by atoms with Gasteiger partial charge in [0.05, 0.1) is 40.5 Å². The van der Waals surface area contributed by atoms with Crippen molar-refractivity contribution in [2.24, 2.45) is 7.05 Å². The van der Waals surface area contributed by atoms with E-state index in [0.29, 0.717) is 107 Å². The van der Waals surface area contributed by atoms with E-state index in [-0.39, 0.29) is 43.6 Å². The van der Waals surface area contributed by atoms with Gasteiger partial charge in [0.15, 0.2) is 10.8 Å². The number of rotatable bonds is 14. The smallest absolute Gasteiger partial charge is 0.405 e. The average Bonchev–Trinajstić information content (AvgIpc) is 3.94. The van der Waals surface area contributed by atoms with Gasteiger partial charge >= 0.3 is 12.1 Å². The van der Waals surface area contributed by atoms with Crippen molar-refractivity contribution in [2.45, 2.75) is 57.3 Å². The third kappa shape index (κ3) is 10.4. The van der Waals surface area contributed by atoms with E-state index in [0.717, 1.165) is 26.2 Å². The van der Waals surface area contributed by atoms with Crippen molar-refractivity contribution in [3.05, 3.63) is 125 Å². The molecule has 0 aliphatic carbocycles. The fraction of sp³-hybridized carbons (Fsp3) is 0.321. The van der Waals surface area contributed by atoms with Crippen LogP contribution in [0.4, 0.5) is 29.8 Å². The number of thiazole rings is 1. The number of aromatic carboxylic acids is 1. The molecule has 3 aliphatic rings. The van der Waals surface area contributed by atoms with Gasteiger partial charge in [0.25, 0.3) is 5.91 Å². The Bertz CT molecular complexity index is 3330. The monoisotopic (exact) mass is 1030 g/mol. The van der Waals surface area contributed by atoms with Gasteiger partial charge in [-0.15, -0.1) is 0 Å². The Labute approximate surface area is 426 Å². The van der Waals surface area contributed by atoms with E-state index < -0.39 is 42.5 Å². The number of carboxylic acid groups (broad SMARTS) is 1. The molecular formula is C53H51F3N10O7S. The number of para-hydroxylation sites is 1. The number of hydrogen-bond acceptors (Lipinski definition) is 13. The van der Waals surface area contributed by atoms with E-state index in [1.807, 2.05) is 48.2 Å². The first-order valence-electron chi connectivity index (χ1n) is 24.2. The number of fused-ring (bicyclic) bond motifs is 3. The number of carbonyl (C=O) groups excluding carboxylic acids is 4. The lowest BCUT2D eigenvalue weighted by Gasteiger charge is -2.41. The second-order valence-electron chi connectivity index (χ2n) is 18.7. The van der Waals surface area contributed by atoms with Crippen LogP contribution in [0.25, 0.3) is 32.2 Å². The Kier molecular flexibility index (Phi) is 13.9. The number of carboxylic acids is 1. The number of nitrogens with one attached hydrogen (secondary N) is 3. The highest BCUT2D eigenvalue weighted by atomic mass is 32.1. The normalized spacial score (nSPS) is 17.6. The molecule has 2 fully saturated rings. The van der Waals surface area contributed by atoms with Gasteiger partial charge in [-0.2, -0.15) is 18.3 Å². The van der Waals surface area contributed by atoms with Crippen LogP contribution in [0.15, 0.2) is 91.0 Å². The Morgan fingerprint density at radius 1 is 0.919 bits per heavy atom. The van der Waals surface area contributed by atoms with Gasteiger partial charge < -0.3 is 25.0 Å². The summed E-state index contributed by atoms with van der Waals surface area (Å²) in [6, 6.07) is 25.1. The maximum absolute atomic E-state index is 14.5. The molecule has 382 valence electrons. The van der Waals surface area contributed by atoms with Crippen molar-refractivity contribution < 1.29 is 47.0 Å². The highest BCUT2D eigenvalue weighted by Crippen LogP contribution is 2.36. The minimum absolute atomic E-state index is 0.00344. The first kappa shape index (κ1) is 49.8. The van der Waals surface area contributed by atoms with Gasteiger partial charge in [0.2, 0.25) is 17.7 Å². The number of amides is 4.